The van der Waals surface area contributed by atoms with E-state index in [1.165, 1.54) is 0 Å². The molecule has 7 nitrogen and oxygen atoms in total. The molecule has 0 bridgehead atoms. The van der Waals surface area contributed by atoms with Crippen LogP contribution >= 0.6 is 24.0 Å². The van der Waals surface area contributed by atoms with Crippen LogP contribution in [0.2, 0.25) is 0 Å². The van der Waals surface area contributed by atoms with Crippen molar-refractivity contribution in [3.63, 3.8) is 0 Å². The van der Waals surface area contributed by atoms with Crippen molar-refractivity contribution in [2.75, 3.05) is 39.4 Å². The lowest BCUT2D eigenvalue weighted by Crippen LogP contribution is -2.53. The Labute approximate surface area is 167 Å². The molecule has 0 aliphatic carbocycles. The average Bonchev–Trinajstić information content (AvgIpc) is 3.31. The topological polar surface area (TPSA) is 63.9 Å². The summed E-state index contributed by atoms with van der Waals surface area (Å²) >= 11 is 0. The molecular formula is C17H30IN5O2. The second kappa shape index (κ2) is 11.0. The molecule has 1 N–H and O–H groups in total. The van der Waals surface area contributed by atoms with Gasteiger partial charge in [-0.3, -0.25) is 9.67 Å². The zero-order valence-corrected chi connectivity index (χ0v) is 17.3. The first-order chi connectivity index (χ1) is 11.9. The van der Waals surface area contributed by atoms with E-state index in [9.17, 15) is 0 Å². The quantitative estimate of drug-likeness (QED) is 0.302. The minimum Gasteiger partial charge on any atom is -0.375 e. The van der Waals surface area contributed by atoms with Crippen LogP contribution in [-0.4, -0.2) is 72.2 Å². The van der Waals surface area contributed by atoms with Gasteiger partial charge in [0.05, 0.1) is 12.7 Å². The Morgan fingerprint density at radius 3 is 2.92 bits per heavy atom. The molecular weight excluding hydrogens is 433 g/mol. The number of aliphatic imine (C=N–C) groups is 1. The molecule has 3 heterocycles. The van der Waals surface area contributed by atoms with Crippen molar-refractivity contribution < 1.29 is 9.47 Å². The third-order valence-electron chi connectivity index (χ3n) is 4.47. The third kappa shape index (κ3) is 6.10. The highest BCUT2D eigenvalue weighted by Gasteiger charge is 2.32. The Morgan fingerprint density at radius 2 is 2.20 bits per heavy atom. The summed E-state index contributed by atoms with van der Waals surface area (Å²) in [7, 11) is 0. The largest absolute Gasteiger partial charge is 0.375 e. The third-order valence-corrected chi connectivity index (χ3v) is 4.47. The lowest BCUT2D eigenvalue weighted by atomic mass is 10.1. The van der Waals surface area contributed by atoms with Crippen molar-refractivity contribution >= 4 is 29.9 Å². The van der Waals surface area contributed by atoms with E-state index in [2.05, 4.69) is 22.2 Å². The molecule has 0 radical (unpaired) electrons. The van der Waals surface area contributed by atoms with Gasteiger partial charge in [-0.15, -0.1) is 24.0 Å². The molecule has 2 saturated heterocycles. The maximum Gasteiger partial charge on any atom is 0.194 e. The highest BCUT2D eigenvalue weighted by atomic mass is 127. The molecule has 1 aromatic heterocycles. The summed E-state index contributed by atoms with van der Waals surface area (Å²) in [5.74, 6) is 0.990. The zero-order chi connectivity index (χ0) is 16.6. The van der Waals surface area contributed by atoms with Crippen LogP contribution in [0.5, 0.6) is 0 Å². The summed E-state index contributed by atoms with van der Waals surface area (Å²) in [4.78, 5) is 7.10. The Bertz CT molecular complexity index is 505. The maximum absolute atomic E-state index is 5.93. The fraction of sp³-hybridized carbons (Fsp3) is 0.765. The van der Waals surface area contributed by atoms with E-state index >= 15 is 0 Å². The van der Waals surface area contributed by atoms with Gasteiger partial charge >= 0.3 is 0 Å². The molecule has 2 unspecified atom stereocenters. The molecule has 3 rings (SSSR count). The molecule has 142 valence electrons. The summed E-state index contributed by atoms with van der Waals surface area (Å²) in [5.41, 5.74) is 0. The predicted octanol–water partition coefficient (Wildman–Crippen LogP) is 1.74. The lowest BCUT2D eigenvalue weighted by Gasteiger charge is -2.37. The molecule has 0 aromatic carbocycles. The molecule has 2 aliphatic heterocycles. The van der Waals surface area contributed by atoms with Crippen LogP contribution in [0.25, 0.3) is 0 Å². The number of aryl methyl sites for hydroxylation is 1. The second-order valence-corrected chi connectivity index (χ2v) is 6.27. The molecule has 25 heavy (non-hydrogen) atoms. The van der Waals surface area contributed by atoms with Crippen molar-refractivity contribution in [1.82, 2.24) is 20.0 Å². The fourth-order valence-corrected chi connectivity index (χ4v) is 3.26. The summed E-state index contributed by atoms with van der Waals surface area (Å²) < 4.78 is 13.7. The van der Waals surface area contributed by atoms with E-state index in [1.54, 1.807) is 0 Å². The highest BCUT2D eigenvalue weighted by Crippen LogP contribution is 2.21. The monoisotopic (exact) mass is 463 g/mol. The van der Waals surface area contributed by atoms with Crippen LogP contribution in [-0.2, 0) is 16.0 Å². The van der Waals surface area contributed by atoms with E-state index < -0.39 is 0 Å². The van der Waals surface area contributed by atoms with Crippen LogP contribution < -0.4 is 5.32 Å². The van der Waals surface area contributed by atoms with Gasteiger partial charge in [-0.2, -0.15) is 5.10 Å². The van der Waals surface area contributed by atoms with Gasteiger partial charge in [-0.25, -0.2) is 0 Å². The number of hydrogen-bond acceptors (Lipinski definition) is 4. The first-order valence-electron chi connectivity index (χ1n) is 9.10. The van der Waals surface area contributed by atoms with Crippen molar-refractivity contribution in [2.24, 2.45) is 4.99 Å². The fourth-order valence-electron chi connectivity index (χ4n) is 3.26. The number of guanidine groups is 1. The van der Waals surface area contributed by atoms with Crippen LogP contribution in [0.4, 0.5) is 0 Å². The van der Waals surface area contributed by atoms with E-state index in [4.69, 9.17) is 14.5 Å². The number of hydrogen-bond donors (Lipinski definition) is 1. The van der Waals surface area contributed by atoms with Gasteiger partial charge in [0.15, 0.2) is 5.96 Å². The van der Waals surface area contributed by atoms with Gasteiger partial charge in [-0.1, -0.05) is 0 Å². The Kier molecular flexibility index (Phi) is 8.97. The summed E-state index contributed by atoms with van der Waals surface area (Å²) in [5, 5.41) is 7.64. The number of morpholine rings is 1. The van der Waals surface area contributed by atoms with Gasteiger partial charge in [0.2, 0.25) is 0 Å². The van der Waals surface area contributed by atoms with Gasteiger partial charge in [0.25, 0.3) is 0 Å². The predicted molar refractivity (Wildman–Crippen MR) is 109 cm³/mol. The van der Waals surface area contributed by atoms with E-state index in [0.29, 0.717) is 0 Å². The molecule has 2 aliphatic rings. The number of aromatic nitrogens is 2. The minimum atomic E-state index is 0. The molecule has 0 saturated carbocycles. The van der Waals surface area contributed by atoms with Crippen molar-refractivity contribution in [3.05, 3.63) is 18.5 Å². The maximum atomic E-state index is 5.93. The van der Waals surface area contributed by atoms with Crippen LogP contribution in [0, 0.1) is 0 Å². The molecule has 1 aromatic rings. The normalized spacial score (nSPS) is 24.2. The second-order valence-electron chi connectivity index (χ2n) is 6.27. The first kappa shape index (κ1) is 20.4. The summed E-state index contributed by atoms with van der Waals surface area (Å²) in [6.45, 7) is 8.02. The SMILES string of the molecule is CCNC(=NCCCn1cccn1)N1CCOC(C2CCCO2)C1.I. The van der Waals surface area contributed by atoms with E-state index in [-0.39, 0.29) is 36.2 Å². The Balaban J connectivity index is 0.00000225. The number of ether oxygens (including phenoxy) is 2. The van der Waals surface area contributed by atoms with Gasteiger partial charge in [0.1, 0.15) is 6.10 Å². The smallest absolute Gasteiger partial charge is 0.194 e. The number of nitrogens with one attached hydrogen (secondary N) is 1. The Hall–Kier alpha value is -0.870. The van der Waals surface area contributed by atoms with Crippen LogP contribution in [0.15, 0.2) is 23.5 Å². The summed E-state index contributed by atoms with van der Waals surface area (Å²) in [6, 6.07) is 1.95. The molecule has 0 amide bonds. The molecule has 2 atom stereocenters. The minimum absolute atomic E-state index is 0. The summed E-state index contributed by atoms with van der Waals surface area (Å²) in [6.07, 6.45) is 7.44. The number of nitrogens with zero attached hydrogens (tertiary/aromatic N) is 4. The standard InChI is InChI=1S/C17H29N5O2.HI/c1-2-18-17(19-7-4-9-22-10-5-8-20-22)21-11-13-24-16(14-21)15-6-3-12-23-15;/h5,8,10,15-16H,2-4,6-7,9,11-14H2,1H3,(H,18,19);1H. The van der Waals surface area contributed by atoms with Gasteiger partial charge in [-0.05, 0) is 32.3 Å². The van der Waals surface area contributed by atoms with E-state index in [1.807, 2.05) is 23.1 Å². The van der Waals surface area contributed by atoms with Gasteiger partial charge < -0.3 is 19.7 Å². The number of rotatable bonds is 6. The zero-order valence-electron chi connectivity index (χ0n) is 15.0. The van der Waals surface area contributed by atoms with Crippen LogP contribution in [0.1, 0.15) is 26.2 Å². The van der Waals surface area contributed by atoms with Crippen molar-refractivity contribution in [2.45, 2.75) is 44.9 Å². The van der Waals surface area contributed by atoms with Gasteiger partial charge in [0, 0.05) is 51.7 Å². The molecule has 2 fully saturated rings. The Morgan fingerprint density at radius 1 is 1.32 bits per heavy atom. The molecule has 0 spiro atoms. The first-order valence-corrected chi connectivity index (χ1v) is 9.10. The van der Waals surface area contributed by atoms with Crippen molar-refractivity contribution in [1.29, 1.82) is 0 Å². The number of halogens is 1. The van der Waals surface area contributed by atoms with Crippen LogP contribution in [0.3, 0.4) is 0 Å². The molecule has 8 heteroatoms. The van der Waals surface area contributed by atoms with E-state index in [0.717, 1.165) is 71.2 Å². The van der Waals surface area contributed by atoms with Crippen molar-refractivity contribution in [3.8, 4) is 0 Å². The lowest BCUT2D eigenvalue weighted by molar-refractivity contribution is -0.0817. The highest BCUT2D eigenvalue weighted by molar-refractivity contribution is 14.0. The average molecular weight is 463 g/mol.